The first-order chi connectivity index (χ1) is 7.77. The number of rotatable bonds is 1. The van der Waals surface area contributed by atoms with Crippen LogP contribution >= 0.6 is 0 Å². The number of nitrogens with one attached hydrogen (secondary N) is 2. The molecule has 1 aliphatic heterocycles. The highest BCUT2D eigenvalue weighted by atomic mass is 16.5. The maximum Gasteiger partial charge on any atom is 0.172 e. The fraction of sp³-hybridized carbons (Fsp3) is 0.333. The standard InChI is InChI=1S/C12H14N2O2/c15-12(16)11-10-8(5-6-13-11)7-3-1-2-4-9(7)14-10/h1-4,11-16H,5-6H2. The molecule has 1 unspecified atom stereocenters. The van der Waals surface area contributed by atoms with Gasteiger partial charge >= 0.3 is 0 Å². The highest BCUT2D eigenvalue weighted by Gasteiger charge is 2.27. The second-order valence-electron chi connectivity index (χ2n) is 4.16. The fourth-order valence-electron chi connectivity index (χ4n) is 2.46. The number of aromatic amines is 1. The van der Waals surface area contributed by atoms with Crippen molar-refractivity contribution in [3.05, 3.63) is 35.5 Å². The summed E-state index contributed by atoms with van der Waals surface area (Å²) in [7, 11) is 0. The molecule has 0 saturated carbocycles. The SMILES string of the molecule is OC(O)C1NCCc2c1[nH]c1ccccc21. The monoisotopic (exact) mass is 218 g/mol. The van der Waals surface area contributed by atoms with E-state index in [0.717, 1.165) is 24.2 Å². The lowest BCUT2D eigenvalue weighted by Crippen LogP contribution is -2.37. The minimum absolute atomic E-state index is 0.406. The van der Waals surface area contributed by atoms with E-state index in [1.165, 1.54) is 10.9 Å². The first-order valence-electron chi connectivity index (χ1n) is 5.46. The third kappa shape index (κ3) is 1.35. The quantitative estimate of drug-likeness (QED) is 0.532. The molecular weight excluding hydrogens is 204 g/mol. The van der Waals surface area contributed by atoms with E-state index in [1.807, 2.05) is 18.2 Å². The Labute approximate surface area is 92.9 Å². The summed E-state index contributed by atoms with van der Waals surface area (Å²) in [5.74, 6) is 0. The number of para-hydroxylation sites is 1. The van der Waals surface area contributed by atoms with Gasteiger partial charge in [0.25, 0.3) is 0 Å². The van der Waals surface area contributed by atoms with E-state index >= 15 is 0 Å². The van der Waals surface area contributed by atoms with Crippen molar-refractivity contribution in [2.75, 3.05) is 6.54 Å². The molecule has 0 spiro atoms. The molecule has 1 aliphatic rings. The third-order valence-corrected chi connectivity index (χ3v) is 3.20. The van der Waals surface area contributed by atoms with Crippen LogP contribution in [0.4, 0.5) is 0 Å². The summed E-state index contributed by atoms with van der Waals surface area (Å²) in [4.78, 5) is 3.26. The zero-order valence-corrected chi connectivity index (χ0v) is 8.77. The molecule has 1 aromatic carbocycles. The smallest absolute Gasteiger partial charge is 0.172 e. The van der Waals surface area contributed by atoms with Crippen LogP contribution in [0.15, 0.2) is 24.3 Å². The molecule has 0 saturated heterocycles. The molecule has 4 heteroatoms. The van der Waals surface area contributed by atoms with E-state index in [2.05, 4.69) is 16.4 Å². The van der Waals surface area contributed by atoms with E-state index in [9.17, 15) is 10.2 Å². The first-order valence-corrected chi connectivity index (χ1v) is 5.46. The zero-order chi connectivity index (χ0) is 11.1. The average Bonchev–Trinajstić information content (AvgIpc) is 2.67. The van der Waals surface area contributed by atoms with Crippen molar-refractivity contribution in [3.63, 3.8) is 0 Å². The van der Waals surface area contributed by atoms with Gasteiger partial charge in [-0.05, 0) is 18.1 Å². The minimum atomic E-state index is -1.37. The molecule has 16 heavy (non-hydrogen) atoms. The van der Waals surface area contributed by atoms with Crippen LogP contribution in [0.3, 0.4) is 0 Å². The van der Waals surface area contributed by atoms with Crippen LogP contribution < -0.4 is 5.32 Å². The molecule has 0 radical (unpaired) electrons. The van der Waals surface area contributed by atoms with E-state index in [4.69, 9.17) is 0 Å². The zero-order valence-electron chi connectivity index (χ0n) is 8.77. The Morgan fingerprint density at radius 3 is 2.88 bits per heavy atom. The Kier molecular flexibility index (Phi) is 2.21. The Hall–Kier alpha value is -1.36. The number of aromatic nitrogens is 1. The molecule has 4 nitrogen and oxygen atoms in total. The summed E-state index contributed by atoms with van der Waals surface area (Å²) >= 11 is 0. The number of fused-ring (bicyclic) bond motifs is 3. The van der Waals surface area contributed by atoms with Crippen molar-refractivity contribution in [3.8, 4) is 0 Å². The summed E-state index contributed by atoms with van der Waals surface area (Å²) in [5, 5.41) is 22.9. The lowest BCUT2D eigenvalue weighted by Gasteiger charge is -2.25. The molecule has 3 rings (SSSR count). The van der Waals surface area contributed by atoms with Crippen molar-refractivity contribution >= 4 is 10.9 Å². The number of hydrogen-bond donors (Lipinski definition) is 4. The molecule has 0 fully saturated rings. The fourth-order valence-corrected chi connectivity index (χ4v) is 2.46. The second kappa shape index (κ2) is 3.59. The maximum atomic E-state index is 9.32. The Morgan fingerprint density at radius 1 is 1.25 bits per heavy atom. The van der Waals surface area contributed by atoms with Crippen molar-refractivity contribution < 1.29 is 10.2 Å². The van der Waals surface area contributed by atoms with E-state index in [-0.39, 0.29) is 0 Å². The molecule has 2 aromatic rings. The second-order valence-corrected chi connectivity index (χ2v) is 4.16. The van der Waals surface area contributed by atoms with Gasteiger partial charge in [0.1, 0.15) is 0 Å². The van der Waals surface area contributed by atoms with E-state index in [0.29, 0.717) is 0 Å². The van der Waals surface area contributed by atoms with Crippen molar-refractivity contribution in [1.82, 2.24) is 10.3 Å². The minimum Gasteiger partial charge on any atom is -0.366 e. The number of benzene rings is 1. The van der Waals surface area contributed by atoms with E-state index < -0.39 is 12.3 Å². The van der Waals surface area contributed by atoms with Crippen LogP contribution in [0.1, 0.15) is 17.3 Å². The lowest BCUT2D eigenvalue weighted by molar-refractivity contribution is -0.0702. The van der Waals surface area contributed by atoms with Crippen LogP contribution in [0, 0.1) is 0 Å². The van der Waals surface area contributed by atoms with Gasteiger partial charge in [0.15, 0.2) is 6.29 Å². The van der Waals surface area contributed by atoms with Crippen LogP contribution in [0.25, 0.3) is 10.9 Å². The molecule has 0 amide bonds. The Bertz CT molecular complexity index is 519. The van der Waals surface area contributed by atoms with Gasteiger partial charge in [-0.1, -0.05) is 18.2 Å². The van der Waals surface area contributed by atoms with Gasteiger partial charge in [-0.15, -0.1) is 0 Å². The van der Waals surface area contributed by atoms with Gasteiger partial charge in [-0.25, -0.2) is 0 Å². The van der Waals surface area contributed by atoms with Gasteiger partial charge in [-0.2, -0.15) is 0 Å². The van der Waals surface area contributed by atoms with Crippen molar-refractivity contribution in [2.24, 2.45) is 0 Å². The van der Waals surface area contributed by atoms with Crippen molar-refractivity contribution in [1.29, 1.82) is 0 Å². The largest absolute Gasteiger partial charge is 0.366 e. The predicted molar refractivity (Wildman–Crippen MR) is 61.0 cm³/mol. The van der Waals surface area contributed by atoms with E-state index in [1.54, 1.807) is 0 Å². The molecular formula is C12H14N2O2. The summed E-state index contributed by atoms with van der Waals surface area (Å²) in [6, 6.07) is 7.65. The van der Waals surface area contributed by atoms with Crippen LogP contribution in [-0.4, -0.2) is 28.0 Å². The van der Waals surface area contributed by atoms with Crippen LogP contribution in [-0.2, 0) is 6.42 Å². The summed E-state index contributed by atoms with van der Waals surface area (Å²) in [6.45, 7) is 0.775. The molecule has 1 atom stereocenters. The first kappa shape index (κ1) is 9.84. The third-order valence-electron chi connectivity index (χ3n) is 3.20. The summed E-state index contributed by atoms with van der Waals surface area (Å²) in [5.41, 5.74) is 3.16. The molecule has 0 aliphatic carbocycles. The maximum absolute atomic E-state index is 9.32. The number of aliphatic hydroxyl groups excluding tert-OH is 1. The summed E-state index contributed by atoms with van der Waals surface area (Å²) < 4.78 is 0. The topological polar surface area (TPSA) is 68.3 Å². The summed E-state index contributed by atoms with van der Waals surface area (Å²) in [6.07, 6.45) is -0.449. The highest BCUT2D eigenvalue weighted by Crippen LogP contribution is 2.30. The van der Waals surface area contributed by atoms with Crippen LogP contribution in [0.2, 0.25) is 0 Å². The normalized spacial score (nSPS) is 20.3. The lowest BCUT2D eigenvalue weighted by atomic mass is 9.99. The Balaban J connectivity index is 2.21. The molecule has 2 heterocycles. The number of hydrogen-bond acceptors (Lipinski definition) is 3. The number of H-pyrrole nitrogens is 1. The number of aliphatic hydroxyl groups is 2. The average molecular weight is 218 g/mol. The predicted octanol–water partition coefficient (Wildman–Crippen LogP) is 0.665. The molecule has 1 aromatic heterocycles. The molecule has 84 valence electrons. The van der Waals surface area contributed by atoms with Gasteiger partial charge in [0.2, 0.25) is 0 Å². The molecule has 0 bridgehead atoms. The molecule has 4 N–H and O–H groups in total. The Morgan fingerprint density at radius 2 is 2.06 bits per heavy atom. The van der Waals surface area contributed by atoms with Gasteiger partial charge in [-0.3, -0.25) is 0 Å². The van der Waals surface area contributed by atoms with Crippen molar-refractivity contribution in [2.45, 2.75) is 18.8 Å². The van der Waals surface area contributed by atoms with Gasteiger partial charge in [0, 0.05) is 23.1 Å². The van der Waals surface area contributed by atoms with Gasteiger partial charge in [0.05, 0.1) is 6.04 Å². The van der Waals surface area contributed by atoms with Crippen LogP contribution in [0.5, 0.6) is 0 Å². The highest BCUT2D eigenvalue weighted by molar-refractivity contribution is 5.85. The van der Waals surface area contributed by atoms with Gasteiger partial charge < -0.3 is 20.5 Å².